The van der Waals surface area contributed by atoms with E-state index in [-0.39, 0.29) is 6.61 Å². The number of rotatable bonds is 6. The van der Waals surface area contributed by atoms with Gasteiger partial charge in [0, 0.05) is 15.6 Å². The molecule has 0 aliphatic rings. The van der Waals surface area contributed by atoms with Crippen molar-refractivity contribution in [3.63, 3.8) is 0 Å². The smallest absolute Gasteiger partial charge is 0.216 e. The number of aryl methyl sites for hydroxylation is 1. The zero-order chi connectivity index (χ0) is 20.3. The second kappa shape index (κ2) is 8.96. The van der Waals surface area contributed by atoms with Crippen molar-refractivity contribution >= 4 is 53.2 Å². The van der Waals surface area contributed by atoms with Crippen LogP contribution < -0.4 is 9.47 Å². The number of nitrogens with one attached hydrogen (secondary N) is 1. The molecule has 10 heteroatoms. The zero-order valence-electron chi connectivity index (χ0n) is 14.9. The fourth-order valence-corrected chi connectivity index (χ4v) is 3.34. The van der Waals surface area contributed by atoms with Gasteiger partial charge < -0.3 is 9.47 Å². The van der Waals surface area contributed by atoms with Crippen molar-refractivity contribution in [2.24, 2.45) is 5.10 Å². The Hall–Kier alpha value is -2.06. The van der Waals surface area contributed by atoms with Crippen LogP contribution in [-0.2, 0) is 6.61 Å². The number of benzene rings is 2. The molecule has 0 saturated carbocycles. The first kappa shape index (κ1) is 20.7. The summed E-state index contributed by atoms with van der Waals surface area (Å²) in [5.41, 5.74) is 1.49. The molecule has 146 valence electrons. The van der Waals surface area contributed by atoms with E-state index in [1.807, 2.05) is 0 Å². The monoisotopic (exact) mass is 456 g/mol. The summed E-state index contributed by atoms with van der Waals surface area (Å²) in [6.45, 7) is 2.00. The van der Waals surface area contributed by atoms with E-state index >= 15 is 0 Å². The standard InChI is InChI=1S/C18H15Cl3N4O2S/c1-10-23-24-18(28)25(10)22-8-11-5-15(21)17(16(6-11)26-2)27-9-12-3-4-13(19)7-14(12)20/h3-8H,9H2,1-2H3,(H,24,28)/b22-8-. The third-order valence-electron chi connectivity index (χ3n) is 3.77. The molecule has 0 amide bonds. The average molecular weight is 458 g/mol. The van der Waals surface area contributed by atoms with E-state index in [9.17, 15) is 0 Å². The number of halogens is 3. The van der Waals surface area contributed by atoms with Gasteiger partial charge in [0.15, 0.2) is 11.5 Å². The second-order valence-corrected chi connectivity index (χ2v) is 7.33. The lowest BCUT2D eigenvalue weighted by Crippen LogP contribution is -2.00. The van der Waals surface area contributed by atoms with Gasteiger partial charge in [-0.2, -0.15) is 14.9 Å². The van der Waals surface area contributed by atoms with Crippen molar-refractivity contribution in [1.82, 2.24) is 14.9 Å². The number of nitrogens with zero attached hydrogens (tertiary/aromatic N) is 3. The highest BCUT2D eigenvalue weighted by atomic mass is 35.5. The molecule has 0 bridgehead atoms. The molecule has 0 fully saturated rings. The summed E-state index contributed by atoms with van der Waals surface area (Å²) in [5.74, 6) is 1.51. The Labute approximate surface area is 181 Å². The minimum absolute atomic E-state index is 0.211. The summed E-state index contributed by atoms with van der Waals surface area (Å²) >= 11 is 23.6. The van der Waals surface area contributed by atoms with Gasteiger partial charge in [-0.1, -0.05) is 40.9 Å². The molecule has 28 heavy (non-hydrogen) atoms. The van der Waals surface area contributed by atoms with E-state index in [0.29, 0.717) is 42.7 Å². The molecule has 6 nitrogen and oxygen atoms in total. The van der Waals surface area contributed by atoms with Crippen LogP contribution in [0.5, 0.6) is 11.5 Å². The summed E-state index contributed by atoms with van der Waals surface area (Å²) in [6.07, 6.45) is 1.60. The lowest BCUT2D eigenvalue weighted by molar-refractivity contribution is 0.285. The lowest BCUT2D eigenvalue weighted by atomic mass is 10.2. The van der Waals surface area contributed by atoms with Crippen molar-refractivity contribution in [1.29, 1.82) is 0 Å². The van der Waals surface area contributed by atoms with E-state index < -0.39 is 0 Å². The summed E-state index contributed by atoms with van der Waals surface area (Å²) < 4.78 is 13.2. The molecule has 1 heterocycles. The van der Waals surface area contributed by atoms with Crippen molar-refractivity contribution < 1.29 is 9.47 Å². The highest BCUT2D eigenvalue weighted by molar-refractivity contribution is 7.71. The maximum Gasteiger partial charge on any atom is 0.216 e. The van der Waals surface area contributed by atoms with Crippen molar-refractivity contribution in [3.8, 4) is 11.5 Å². The molecule has 0 saturated heterocycles. The molecule has 0 atom stereocenters. The predicted molar refractivity (Wildman–Crippen MR) is 114 cm³/mol. The molecular formula is C18H15Cl3N4O2S. The highest BCUT2D eigenvalue weighted by Gasteiger charge is 2.13. The first-order valence-electron chi connectivity index (χ1n) is 8.01. The van der Waals surface area contributed by atoms with Gasteiger partial charge in [0.05, 0.1) is 18.3 Å². The third-order valence-corrected chi connectivity index (χ3v) is 4.91. The molecule has 0 spiro atoms. The maximum absolute atomic E-state index is 6.40. The van der Waals surface area contributed by atoms with E-state index in [4.69, 9.17) is 56.5 Å². The zero-order valence-corrected chi connectivity index (χ0v) is 18.0. The van der Waals surface area contributed by atoms with Crippen LogP contribution in [0, 0.1) is 11.7 Å². The number of H-pyrrole nitrogens is 1. The van der Waals surface area contributed by atoms with Crippen molar-refractivity contribution in [3.05, 3.63) is 67.1 Å². The molecule has 1 aromatic heterocycles. The minimum atomic E-state index is 0.211. The first-order chi connectivity index (χ1) is 13.4. The van der Waals surface area contributed by atoms with Gasteiger partial charge in [-0.25, -0.2) is 0 Å². The first-order valence-corrected chi connectivity index (χ1v) is 9.56. The molecular weight excluding hydrogens is 443 g/mol. The van der Waals surface area contributed by atoms with Crippen LogP contribution >= 0.6 is 47.0 Å². The maximum atomic E-state index is 6.40. The molecule has 1 N–H and O–H groups in total. The quantitative estimate of drug-likeness (QED) is 0.382. The molecule has 3 rings (SSSR count). The molecule has 0 radical (unpaired) electrons. The largest absolute Gasteiger partial charge is 0.493 e. The number of aromatic amines is 1. The fraction of sp³-hybridized carbons (Fsp3) is 0.167. The Balaban J connectivity index is 1.84. The van der Waals surface area contributed by atoms with Gasteiger partial charge >= 0.3 is 0 Å². The van der Waals surface area contributed by atoms with E-state index in [0.717, 1.165) is 5.56 Å². The van der Waals surface area contributed by atoms with Crippen LogP contribution in [0.15, 0.2) is 35.4 Å². The summed E-state index contributed by atoms with van der Waals surface area (Å²) in [6, 6.07) is 8.66. The SMILES string of the molecule is COc1cc(/C=N\n2c(C)n[nH]c2=S)cc(Cl)c1OCc1ccc(Cl)cc1Cl. The highest BCUT2D eigenvalue weighted by Crippen LogP contribution is 2.37. The van der Waals surface area contributed by atoms with Gasteiger partial charge in [-0.15, -0.1) is 0 Å². The van der Waals surface area contributed by atoms with Crippen molar-refractivity contribution in [2.75, 3.05) is 7.11 Å². The topological polar surface area (TPSA) is 64.4 Å². The Morgan fingerprint density at radius 1 is 1.21 bits per heavy atom. The van der Waals surface area contributed by atoms with Gasteiger partial charge in [0.25, 0.3) is 0 Å². The fourth-order valence-electron chi connectivity index (χ4n) is 2.37. The van der Waals surface area contributed by atoms with Crippen LogP contribution in [0.1, 0.15) is 17.0 Å². The molecule has 3 aromatic rings. The lowest BCUT2D eigenvalue weighted by Gasteiger charge is -2.14. The number of aromatic nitrogens is 3. The van der Waals surface area contributed by atoms with E-state index in [1.54, 1.807) is 43.5 Å². The normalized spacial score (nSPS) is 11.2. The van der Waals surface area contributed by atoms with E-state index in [1.165, 1.54) is 11.8 Å². The molecule has 2 aromatic carbocycles. The van der Waals surface area contributed by atoms with E-state index in [2.05, 4.69) is 15.3 Å². The van der Waals surface area contributed by atoms with Gasteiger partial charge in [-0.05, 0) is 49.0 Å². The third kappa shape index (κ3) is 4.67. The minimum Gasteiger partial charge on any atom is -0.493 e. The van der Waals surface area contributed by atoms with Gasteiger partial charge in [0.1, 0.15) is 12.4 Å². The average Bonchev–Trinajstić information content (AvgIpc) is 2.97. The van der Waals surface area contributed by atoms with Crippen LogP contribution in [0.2, 0.25) is 15.1 Å². The summed E-state index contributed by atoms with van der Waals surface area (Å²) in [5, 5.41) is 12.4. The Kier molecular flexibility index (Phi) is 6.61. The Bertz CT molecular complexity index is 1090. The van der Waals surface area contributed by atoms with Gasteiger partial charge in [0.2, 0.25) is 4.77 Å². The van der Waals surface area contributed by atoms with Crippen LogP contribution in [0.3, 0.4) is 0 Å². The summed E-state index contributed by atoms with van der Waals surface area (Å²) in [7, 11) is 1.53. The number of methoxy groups -OCH3 is 1. The van der Waals surface area contributed by atoms with Crippen LogP contribution in [0.4, 0.5) is 0 Å². The van der Waals surface area contributed by atoms with Crippen LogP contribution in [-0.4, -0.2) is 28.2 Å². The number of hydrogen-bond donors (Lipinski definition) is 1. The number of ether oxygens (including phenoxy) is 2. The number of hydrogen-bond acceptors (Lipinski definition) is 5. The Morgan fingerprint density at radius 2 is 2.00 bits per heavy atom. The Morgan fingerprint density at radius 3 is 2.64 bits per heavy atom. The second-order valence-electron chi connectivity index (χ2n) is 5.69. The summed E-state index contributed by atoms with van der Waals surface area (Å²) in [4.78, 5) is 0. The molecule has 0 aliphatic carbocycles. The van der Waals surface area contributed by atoms with Gasteiger partial charge in [-0.3, -0.25) is 5.10 Å². The van der Waals surface area contributed by atoms with Crippen LogP contribution in [0.25, 0.3) is 0 Å². The van der Waals surface area contributed by atoms with Crippen molar-refractivity contribution in [2.45, 2.75) is 13.5 Å². The molecule has 0 aliphatic heterocycles. The predicted octanol–water partition coefficient (Wildman–Crippen LogP) is 5.68. The molecule has 0 unspecified atom stereocenters.